The topological polar surface area (TPSA) is 122 Å². The first-order valence-electron chi connectivity index (χ1n) is 11.3. The van der Waals surface area contributed by atoms with Crippen molar-refractivity contribution >= 4 is 45.1 Å². The fourth-order valence-corrected chi connectivity index (χ4v) is 6.23. The van der Waals surface area contributed by atoms with Gasteiger partial charge in [0.05, 0.1) is 29.7 Å². The molecule has 2 N–H and O–H groups in total. The Bertz CT molecular complexity index is 1320. The summed E-state index contributed by atoms with van der Waals surface area (Å²) in [6, 6.07) is 9.67. The van der Waals surface area contributed by atoms with Gasteiger partial charge in [-0.25, -0.2) is 4.98 Å². The number of aliphatic hydroxyl groups is 1. The molecule has 0 radical (unpaired) electrons. The van der Waals surface area contributed by atoms with Crippen molar-refractivity contribution < 1.29 is 24.1 Å². The Hall–Kier alpha value is -2.57. The number of aromatic amines is 1. The molecule has 35 heavy (non-hydrogen) atoms. The molecule has 184 valence electrons. The molecule has 3 aromatic rings. The van der Waals surface area contributed by atoms with Gasteiger partial charge in [-0.15, -0.1) is 0 Å². The monoisotopic (exact) mass is 517 g/mol. The van der Waals surface area contributed by atoms with Crippen molar-refractivity contribution in [2.75, 3.05) is 43.2 Å². The fourth-order valence-electron chi connectivity index (χ4n) is 4.68. The van der Waals surface area contributed by atoms with Gasteiger partial charge in [0.15, 0.2) is 11.8 Å². The zero-order valence-electron chi connectivity index (χ0n) is 18.9. The number of pyridine rings is 1. The average Bonchev–Trinajstić information content (AvgIpc) is 3.55. The third-order valence-corrected chi connectivity index (χ3v) is 8.54. The lowest BCUT2D eigenvalue weighted by molar-refractivity contribution is -0.116. The highest BCUT2D eigenvalue weighted by atomic mass is 35.5. The first kappa shape index (κ1) is 22.9. The summed E-state index contributed by atoms with van der Waals surface area (Å²) in [6.07, 6.45) is -1.73. The molecule has 6 rings (SSSR count). The lowest BCUT2D eigenvalue weighted by Gasteiger charge is -2.28. The van der Waals surface area contributed by atoms with Crippen LogP contribution in [0, 0.1) is 0 Å². The minimum absolute atomic E-state index is 0.0944. The van der Waals surface area contributed by atoms with Crippen LogP contribution in [0.25, 0.3) is 22.4 Å². The number of imidazole rings is 1. The van der Waals surface area contributed by atoms with E-state index in [0.717, 1.165) is 17.0 Å². The van der Waals surface area contributed by atoms with Crippen LogP contribution in [0.3, 0.4) is 0 Å². The van der Waals surface area contributed by atoms with E-state index in [1.807, 2.05) is 24.3 Å². The Balaban J connectivity index is 1.21. The number of halogens is 1. The molecule has 12 heteroatoms. The molecule has 3 aliphatic heterocycles. The third kappa shape index (κ3) is 4.21. The number of nitrogens with zero attached hydrogens (tertiary/aromatic N) is 4. The number of aliphatic hydroxyl groups excluding tert-OH is 1. The summed E-state index contributed by atoms with van der Waals surface area (Å²) in [5, 5.41) is 10.4. The van der Waals surface area contributed by atoms with Crippen molar-refractivity contribution in [1.29, 1.82) is 0 Å². The summed E-state index contributed by atoms with van der Waals surface area (Å²) in [6.45, 7) is 1.21. The van der Waals surface area contributed by atoms with E-state index in [4.69, 9.17) is 25.8 Å². The van der Waals surface area contributed by atoms with Crippen LogP contribution in [-0.4, -0.2) is 88.7 Å². The number of hydrogen-bond donors (Lipinski definition) is 2. The van der Waals surface area contributed by atoms with E-state index in [9.17, 15) is 9.90 Å². The summed E-state index contributed by atoms with van der Waals surface area (Å²) in [4.78, 5) is 26.5. The average molecular weight is 518 g/mol. The number of carbonyl (C=O) groups excluding carboxylic acids is 1. The lowest BCUT2D eigenvalue weighted by atomic mass is 10.1. The molecule has 2 aromatic heterocycles. The summed E-state index contributed by atoms with van der Waals surface area (Å²) >= 11 is 6.55. The highest BCUT2D eigenvalue weighted by molar-refractivity contribution is 7.88. The smallest absolute Gasteiger partial charge is 0.296 e. The summed E-state index contributed by atoms with van der Waals surface area (Å²) in [5.74, 6) is 1.45. The summed E-state index contributed by atoms with van der Waals surface area (Å²) in [5.41, 5.74) is 3.38. The molecule has 10 nitrogen and oxygen atoms in total. The molecule has 1 unspecified atom stereocenters. The van der Waals surface area contributed by atoms with E-state index in [1.54, 1.807) is 18.0 Å². The van der Waals surface area contributed by atoms with Crippen LogP contribution in [-0.2, 0) is 25.0 Å². The van der Waals surface area contributed by atoms with Crippen LogP contribution in [0.2, 0.25) is 5.02 Å². The Labute approximate surface area is 208 Å². The molecule has 3 fully saturated rings. The Morgan fingerprint density at radius 1 is 1.23 bits per heavy atom. The minimum atomic E-state index is -0.643. The molecule has 5 atom stereocenters. The molecule has 0 bridgehead atoms. The number of ether oxygens (including phenoxy) is 3. The first-order chi connectivity index (χ1) is 17.0. The predicted octanol–water partition coefficient (Wildman–Crippen LogP) is 1.96. The largest absolute Gasteiger partial charge is 0.456 e. The zero-order chi connectivity index (χ0) is 24.1. The van der Waals surface area contributed by atoms with Gasteiger partial charge in [0.1, 0.15) is 23.8 Å². The van der Waals surface area contributed by atoms with Crippen LogP contribution in [0.4, 0.5) is 5.69 Å². The van der Waals surface area contributed by atoms with Gasteiger partial charge in [-0.2, -0.15) is 4.98 Å². The number of anilines is 1. The van der Waals surface area contributed by atoms with Crippen molar-refractivity contribution in [3.8, 4) is 17.3 Å². The maximum Gasteiger partial charge on any atom is 0.296 e. The molecule has 5 heterocycles. The van der Waals surface area contributed by atoms with Gasteiger partial charge in [0.25, 0.3) is 6.01 Å². The quantitative estimate of drug-likeness (QED) is 0.542. The van der Waals surface area contributed by atoms with Gasteiger partial charge < -0.3 is 24.2 Å². The van der Waals surface area contributed by atoms with Crippen LogP contribution in [0.1, 0.15) is 0 Å². The number of carbonyl (C=O) groups is 1. The molecule has 0 saturated carbocycles. The highest BCUT2D eigenvalue weighted by Gasteiger charge is 2.48. The van der Waals surface area contributed by atoms with Crippen molar-refractivity contribution in [2.45, 2.75) is 24.4 Å². The zero-order valence-corrected chi connectivity index (χ0v) is 20.5. The molecule has 3 saturated heterocycles. The number of amides is 1. The number of aromatic nitrogens is 3. The number of H-pyrrole nitrogens is 1. The minimum Gasteiger partial charge on any atom is -0.456 e. The number of rotatable bonds is 4. The van der Waals surface area contributed by atoms with Crippen molar-refractivity contribution in [3.05, 3.63) is 35.4 Å². The van der Waals surface area contributed by atoms with E-state index >= 15 is 0 Å². The molecular weight excluding hydrogens is 494 g/mol. The maximum absolute atomic E-state index is 12.5. The Kier molecular flexibility index (Phi) is 5.97. The van der Waals surface area contributed by atoms with Crippen LogP contribution in [0.5, 0.6) is 6.01 Å². The first-order valence-corrected chi connectivity index (χ1v) is 13.2. The van der Waals surface area contributed by atoms with Gasteiger partial charge >= 0.3 is 0 Å². The Morgan fingerprint density at radius 2 is 2.03 bits per heavy atom. The second-order valence-electron chi connectivity index (χ2n) is 8.63. The number of fused-ring (bicyclic) bond motifs is 2. The Morgan fingerprint density at radius 3 is 2.80 bits per heavy atom. The van der Waals surface area contributed by atoms with E-state index in [1.165, 1.54) is 0 Å². The van der Waals surface area contributed by atoms with Crippen molar-refractivity contribution in [3.63, 3.8) is 0 Å². The van der Waals surface area contributed by atoms with Crippen LogP contribution < -0.4 is 9.64 Å². The van der Waals surface area contributed by atoms with Crippen molar-refractivity contribution in [1.82, 2.24) is 15.0 Å². The second-order valence-corrected chi connectivity index (χ2v) is 11.0. The van der Waals surface area contributed by atoms with E-state index in [0.29, 0.717) is 40.8 Å². The van der Waals surface area contributed by atoms with Gasteiger partial charge in [-0.1, -0.05) is 34.4 Å². The molecule has 3 aliphatic rings. The summed E-state index contributed by atoms with van der Waals surface area (Å²) in [7, 11) is 1.61. The number of benzene rings is 1. The fraction of sp³-hybridized carbons (Fsp3) is 0.435. The SMILES string of the molecule is C/N=S1\CCN(c2ccc(-c3nc4[nH]c(O[C@@H]5CO[C@H]6[C@@H]5OC[C@H]6O)nc4cc3Cl)cc2)C(=O)C1. The van der Waals surface area contributed by atoms with Gasteiger partial charge in [-0.3, -0.25) is 14.1 Å². The normalized spacial score (nSPS) is 28.7. The second kappa shape index (κ2) is 9.14. The summed E-state index contributed by atoms with van der Waals surface area (Å²) < 4.78 is 21.5. The molecule has 1 amide bonds. The molecule has 0 aliphatic carbocycles. The van der Waals surface area contributed by atoms with Crippen molar-refractivity contribution in [2.24, 2.45) is 4.36 Å². The molecular formula is C23H24ClN5O5S. The number of nitrogens with one attached hydrogen (secondary N) is 1. The van der Waals surface area contributed by atoms with Gasteiger partial charge in [-0.05, 0) is 18.2 Å². The van der Waals surface area contributed by atoms with E-state index in [2.05, 4.69) is 19.3 Å². The third-order valence-electron chi connectivity index (χ3n) is 6.50. The van der Waals surface area contributed by atoms with E-state index in [-0.39, 0.29) is 47.5 Å². The highest BCUT2D eigenvalue weighted by Crippen LogP contribution is 2.33. The van der Waals surface area contributed by atoms with Gasteiger partial charge in [0.2, 0.25) is 5.91 Å². The lowest BCUT2D eigenvalue weighted by Crippen LogP contribution is -2.42. The number of hydrogen-bond acceptors (Lipinski definition) is 8. The van der Waals surface area contributed by atoms with Crippen LogP contribution in [0.15, 0.2) is 34.7 Å². The maximum atomic E-state index is 12.5. The van der Waals surface area contributed by atoms with E-state index < -0.39 is 6.10 Å². The molecule has 1 aromatic carbocycles. The van der Waals surface area contributed by atoms with Gasteiger partial charge in [0, 0.05) is 30.6 Å². The standard InChI is InChI=1S/C23H24ClN5O5S/c1-25-35-7-6-29(18(31)11-35)13-4-2-12(3-5-13)19-14(24)8-15-22(27-19)28-23(26-15)34-17-10-33-20-16(30)9-32-21(17)20/h2-5,8,16-17,20-21,30H,6-7,9-11H2,1H3,(H,26,27,28)/t16-,17-,20-,21-,35?/m1/s1. The predicted molar refractivity (Wildman–Crippen MR) is 132 cm³/mol. The van der Waals surface area contributed by atoms with Crippen LogP contribution >= 0.6 is 11.6 Å². The molecule has 0 spiro atoms.